The summed E-state index contributed by atoms with van der Waals surface area (Å²) in [6.45, 7) is 3.43. The molecule has 0 spiro atoms. The molecule has 2 aromatic rings. The lowest BCUT2D eigenvalue weighted by Crippen LogP contribution is -2.14. The highest BCUT2D eigenvalue weighted by Gasteiger charge is 2.22. The molecule has 1 aromatic carbocycles. The normalized spacial score (nSPS) is 11.4. The highest BCUT2D eigenvalue weighted by atomic mass is 35.5. The van der Waals surface area contributed by atoms with E-state index in [0.29, 0.717) is 10.7 Å². The monoisotopic (exact) mass is 346 g/mol. The molecule has 2 N–H and O–H groups in total. The third kappa shape index (κ3) is 3.34. The summed E-state index contributed by atoms with van der Waals surface area (Å²) in [6.07, 6.45) is 0. The fraction of sp³-hybridized carbons (Fsp3) is 0.167. The van der Waals surface area contributed by atoms with Crippen molar-refractivity contribution in [3.8, 4) is 0 Å². The van der Waals surface area contributed by atoms with E-state index in [0.717, 1.165) is 11.1 Å². The number of thiazole rings is 1. The Bertz CT molecular complexity index is 815. The zero-order valence-electron chi connectivity index (χ0n) is 11.0. The Labute approximate surface area is 130 Å². The smallest absolute Gasteiger partial charge is 0.335 e. The van der Waals surface area contributed by atoms with Gasteiger partial charge < -0.3 is 5.11 Å². The molecule has 1 heterocycles. The lowest BCUT2D eigenvalue weighted by Gasteiger charge is -2.09. The summed E-state index contributed by atoms with van der Waals surface area (Å²) in [5, 5.41) is 9.98. The zero-order chi connectivity index (χ0) is 15.8. The van der Waals surface area contributed by atoms with Crippen molar-refractivity contribution in [3.63, 3.8) is 0 Å². The van der Waals surface area contributed by atoms with Crippen LogP contribution >= 0.6 is 22.9 Å². The summed E-state index contributed by atoms with van der Waals surface area (Å²) in [6, 6.07) is 3.51. The number of sulfonamides is 1. The van der Waals surface area contributed by atoms with Crippen molar-refractivity contribution in [1.29, 1.82) is 0 Å². The summed E-state index contributed by atoms with van der Waals surface area (Å²) >= 11 is 7.06. The number of rotatable bonds is 4. The van der Waals surface area contributed by atoms with E-state index in [4.69, 9.17) is 16.7 Å². The first-order valence-electron chi connectivity index (χ1n) is 5.70. The number of aromatic carboxylic acids is 1. The number of hydrogen-bond donors (Lipinski definition) is 2. The first kappa shape index (κ1) is 15.7. The molecule has 0 unspecified atom stereocenters. The number of benzene rings is 1. The number of hydrogen-bond acceptors (Lipinski definition) is 5. The van der Waals surface area contributed by atoms with Crippen molar-refractivity contribution in [1.82, 2.24) is 4.98 Å². The fourth-order valence-corrected chi connectivity index (χ4v) is 4.34. The first-order valence-corrected chi connectivity index (χ1v) is 8.38. The lowest BCUT2D eigenvalue weighted by atomic mass is 10.2. The maximum Gasteiger partial charge on any atom is 0.335 e. The molecule has 0 aliphatic heterocycles. The van der Waals surface area contributed by atoms with Gasteiger partial charge in [-0.3, -0.25) is 4.72 Å². The Morgan fingerprint density at radius 2 is 2.05 bits per heavy atom. The summed E-state index contributed by atoms with van der Waals surface area (Å²) in [4.78, 5) is 14.8. The van der Waals surface area contributed by atoms with Crippen molar-refractivity contribution in [2.75, 3.05) is 4.72 Å². The molecule has 9 heteroatoms. The minimum Gasteiger partial charge on any atom is -0.478 e. The molecule has 0 aliphatic rings. The van der Waals surface area contributed by atoms with Crippen LogP contribution in [0.15, 0.2) is 23.1 Å². The Hall–Kier alpha value is -1.64. The quantitative estimate of drug-likeness (QED) is 0.887. The predicted molar refractivity (Wildman–Crippen MR) is 80.8 cm³/mol. The van der Waals surface area contributed by atoms with Gasteiger partial charge in [-0.15, -0.1) is 11.3 Å². The average Bonchev–Trinajstić information content (AvgIpc) is 2.67. The van der Waals surface area contributed by atoms with Crippen molar-refractivity contribution >= 4 is 43.9 Å². The van der Waals surface area contributed by atoms with E-state index in [-0.39, 0.29) is 15.5 Å². The van der Waals surface area contributed by atoms with E-state index in [1.165, 1.54) is 23.5 Å². The maximum absolute atomic E-state index is 12.3. The molecule has 0 bridgehead atoms. The van der Waals surface area contributed by atoms with E-state index >= 15 is 0 Å². The Morgan fingerprint density at radius 1 is 1.38 bits per heavy atom. The van der Waals surface area contributed by atoms with E-state index in [2.05, 4.69) is 9.71 Å². The minimum atomic E-state index is -3.98. The highest BCUT2D eigenvalue weighted by molar-refractivity contribution is 7.93. The Morgan fingerprint density at radius 3 is 2.57 bits per heavy atom. The number of aromatic nitrogens is 1. The van der Waals surface area contributed by atoms with Gasteiger partial charge in [0.05, 0.1) is 21.3 Å². The number of carboxylic acids is 1. The molecule has 0 fully saturated rings. The molecule has 0 saturated carbocycles. The van der Waals surface area contributed by atoms with Gasteiger partial charge in [0.1, 0.15) is 9.90 Å². The number of nitrogens with zero attached hydrogens (tertiary/aromatic N) is 1. The van der Waals surface area contributed by atoms with E-state index in [1.54, 1.807) is 13.8 Å². The Kier molecular flexibility index (Phi) is 4.22. The van der Waals surface area contributed by atoms with Crippen molar-refractivity contribution < 1.29 is 18.3 Å². The van der Waals surface area contributed by atoms with Gasteiger partial charge in [-0.25, -0.2) is 18.2 Å². The van der Waals surface area contributed by atoms with Gasteiger partial charge in [0, 0.05) is 0 Å². The van der Waals surface area contributed by atoms with Gasteiger partial charge in [0.25, 0.3) is 10.0 Å². The van der Waals surface area contributed by atoms with Crippen molar-refractivity contribution in [3.05, 3.63) is 39.5 Å². The molecule has 1 aromatic heterocycles. The van der Waals surface area contributed by atoms with Crippen LogP contribution in [0.25, 0.3) is 0 Å². The number of anilines is 1. The molecule has 0 aliphatic carbocycles. The summed E-state index contributed by atoms with van der Waals surface area (Å²) in [5.74, 6) is -1.23. The fourth-order valence-electron chi connectivity index (χ4n) is 1.65. The van der Waals surface area contributed by atoms with Crippen LogP contribution in [-0.4, -0.2) is 24.5 Å². The van der Waals surface area contributed by atoms with E-state index in [9.17, 15) is 13.2 Å². The van der Waals surface area contributed by atoms with E-state index < -0.39 is 16.0 Å². The molecule has 0 amide bonds. The summed E-state index contributed by atoms with van der Waals surface area (Å²) in [5.41, 5.74) is 0.392. The Balaban J connectivity index is 2.46. The number of carboxylic acid groups (broad SMARTS) is 1. The first-order chi connectivity index (χ1) is 9.70. The largest absolute Gasteiger partial charge is 0.478 e. The number of aryl methyl sites for hydroxylation is 2. The molecule has 0 radical (unpaired) electrons. The van der Waals surface area contributed by atoms with Gasteiger partial charge in [-0.05, 0) is 32.0 Å². The summed E-state index contributed by atoms with van der Waals surface area (Å²) < 4.78 is 27.1. The minimum absolute atomic E-state index is 0.0496. The van der Waals surface area contributed by atoms with Crippen LogP contribution in [-0.2, 0) is 10.0 Å². The average molecular weight is 347 g/mol. The SMILES string of the molecule is Cc1nc(C)c(NS(=O)(=O)c2cc(C(=O)O)ccc2Cl)s1. The van der Waals surface area contributed by atoms with Gasteiger partial charge in [0.2, 0.25) is 0 Å². The maximum atomic E-state index is 12.3. The van der Waals surface area contributed by atoms with Crippen LogP contribution in [0.1, 0.15) is 21.1 Å². The van der Waals surface area contributed by atoms with Crippen LogP contribution in [0, 0.1) is 13.8 Å². The van der Waals surface area contributed by atoms with E-state index in [1.807, 2.05) is 0 Å². The topological polar surface area (TPSA) is 96.4 Å². The van der Waals surface area contributed by atoms with Crippen LogP contribution in [0.2, 0.25) is 5.02 Å². The van der Waals surface area contributed by atoms with Crippen LogP contribution in [0.5, 0.6) is 0 Å². The second-order valence-electron chi connectivity index (χ2n) is 4.20. The van der Waals surface area contributed by atoms with Crippen LogP contribution in [0.4, 0.5) is 5.00 Å². The van der Waals surface area contributed by atoms with Gasteiger partial charge in [-0.2, -0.15) is 0 Å². The molecule has 6 nitrogen and oxygen atoms in total. The number of halogens is 1. The molecule has 0 saturated heterocycles. The zero-order valence-corrected chi connectivity index (χ0v) is 13.4. The molecule has 0 atom stereocenters. The van der Waals surface area contributed by atoms with Gasteiger partial charge in [-0.1, -0.05) is 11.6 Å². The second-order valence-corrected chi connectivity index (χ2v) is 7.46. The highest BCUT2D eigenvalue weighted by Crippen LogP contribution is 2.29. The second kappa shape index (κ2) is 5.63. The van der Waals surface area contributed by atoms with Gasteiger partial charge in [0.15, 0.2) is 0 Å². The van der Waals surface area contributed by atoms with Crippen molar-refractivity contribution in [2.24, 2.45) is 0 Å². The standard InChI is InChI=1S/C12H11ClN2O4S2/c1-6-11(20-7(2)14-6)15-21(18,19)10-5-8(12(16)17)3-4-9(10)13/h3-5,15H,1-2H3,(H,16,17). The lowest BCUT2D eigenvalue weighted by molar-refractivity contribution is 0.0696. The molecular weight excluding hydrogens is 336 g/mol. The van der Waals surface area contributed by atoms with Crippen LogP contribution < -0.4 is 4.72 Å². The molecule has 2 rings (SSSR count). The molecule has 112 valence electrons. The predicted octanol–water partition coefficient (Wildman–Crippen LogP) is 2.91. The van der Waals surface area contributed by atoms with Crippen LogP contribution in [0.3, 0.4) is 0 Å². The third-order valence-corrected chi connectivity index (χ3v) is 5.55. The molecular formula is C12H11ClN2O4S2. The number of carbonyl (C=O) groups is 1. The van der Waals surface area contributed by atoms with Gasteiger partial charge >= 0.3 is 5.97 Å². The number of nitrogens with one attached hydrogen (secondary N) is 1. The van der Waals surface area contributed by atoms with Crippen molar-refractivity contribution in [2.45, 2.75) is 18.7 Å². The molecule has 21 heavy (non-hydrogen) atoms. The third-order valence-electron chi connectivity index (χ3n) is 2.60. The summed E-state index contributed by atoms with van der Waals surface area (Å²) in [7, 11) is -3.98.